The SMILES string of the molecule is O=C1c2ccccc2C(=O)[C@@]2(C3CCCCC3)O[C@@]12O. The van der Waals surface area contributed by atoms with Crippen molar-refractivity contribution in [1.82, 2.24) is 0 Å². The van der Waals surface area contributed by atoms with E-state index in [-0.39, 0.29) is 17.3 Å². The Hall–Kier alpha value is -1.52. The first-order valence-electron chi connectivity index (χ1n) is 7.22. The number of hydrogen-bond donors (Lipinski definition) is 1. The van der Waals surface area contributed by atoms with Crippen LogP contribution in [0.3, 0.4) is 0 Å². The summed E-state index contributed by atoms with van der Waals surface area (Å²) in [6.07, 6.45) is 4.86. The second kappa shape index (κ2) is 3.77. The first-order chi connectivity index (χ1) is 9.61. The summed E-state index contributed by atoms with van der Waals surface area (Å²) in [6.45, 7) is 0. The van der Waals surface area contributed by atoms with Gasteiger partial charge in [0.25, 0.3) is 5.79 Å². The quantitative estimate of drug-likeness (QED) is 0.795. The van der Waals surface area contributed by atoms with E-state index < -0.39 is 17.2 Å². The van der Waals surface area contributed by atoms with Gasteiger partial charge in [0.1, 0.15) is 0 Å². The molecule has 3 aliphatic rings. The summed E-state index contributed by atoms with van der Waals surface area (Å²) in [7, 11) is 0. The Morgan fingerprint density at radius 3 is 2.25 bits per heavy atom. The summed E-state index contributed by atoms with van der Waals surface area (Å²) >= 11 is 0. The number of carbonyl (C=O) groups excluding carboxylic acids is 2. The monoisotopic (exact) mass is 272 g/mol. The van der Waals surface area contributed by atoms with Crippen LogP contribution in [0, 0.1) is 5.92 Å². The fourth-order valence-corrected chi connectivity index (χ4v) is 3.94. The highest BCUT2D eigenvalue weighted by Gasteiger charge is 2.83. The van der Waals surface area contributed by atoms with Gasteiger partial charge in [-0.25, -0.2) is 0 Å². The van der Waals surface area contributed by atoms with Gasteiger partial charge >= 0.3 is 0 Å². The predicted molar refractivity (Wildman–Crippen MR) is 70.4 cm³/mol. The molecule has 0 bridgehead atoms. The lowest BCUT2D eigenvalue weighted by molar-refractivity contribution is 0.0289. The molecule has 1 saturated heterocycles. The molecule has 1 N–H and O–H groups in total. The maximum absolute atomic E-state index is 12.8. The van der Waals surface area contributed by atoms with Crippen molar-refractivity contribution < 1.29 is 19.4 Å². The van der Waals surface area contributed by atoms with Crippen molar-refractivity contribution in [3.63, 3.8) is 0 Å². The van der Waals surface area contributed by atoms with Crippen LogP contribution < -0.4 is 0 Å². The van der Waals surface area contributed by atoms with E-state index in [4.69, 9.17) is 4.74 Å². The Morgan fingerprint density at radius 1 is 1.00 bits per heavy atom. The van der Waals surface area contributed by atoms with Gasteiger partial charge in [-0.3, -0.25) is 9.59 Å². The standard InChI is InChI=1S/C16H16O4/c17-13-11-8-4-5-9-12(11)14(18)16(19)15(13,20-16)10-6-2-1-3-7-10/h4-5,8-10,19H,1-3,6-7H2/t15-,16+/m1/s1. The van der Waals surface area contributed by atoms with E-state index in [0.29, 0.717) is 5.56 Å². The molecule has 4 heteroatoms. The van der Waals surface area contributed by atoms with Crippen molar-refractivity contribution >= 4 is 11.6 Å². The van der Waals surface area contributed by atoms with Crippen LogP contribution in [-0.2, 0) is 4.74 Å². The summed E-state index contributed by atoms with van der Waals surface area (Å²) in [5, 5.41) is 10.5. The molecule has 0 spiro atoms. The Balaban J connectivity index is 1.84. The van der Waals surface area contributed by atoms with Gasteiger partial charge in [0.15, 0.2) is 5.60 Å². The highest BCUT2D eigenvalue weighted by atomic mass is 16.8. The third-order valence-corrected chi connectivity index (χ3v) is 5.01. The predicted octanol–water partition coefficient (Wildman–Crippen LogP) is 2.10. The summed E-state index contributed by atoms with van der Waals surface area (Å²) < 4.78 is 5.46. The number of benzene rings is 1. The highest BCUT2D eigenvalue weighted by Crippen LogP contribution is 2.60. The fourth-order valence-electron chi connectivity index (χ4n) is 3.94. The smallest absolute Gasteiger partial charge is 0.270 e. The zero-order valence-corrected chi connectivity index (χ0v) is 11.1. The zero-order valence-electron chi connectivity index (χ0n) is 11.1. The number of ether oxygens (including phenoxy) is 1. The average molecular weight is 272 g/mol. The van der Waals surface area contributed by atoms with Crippen molar-refractivity contribution in [3.8, 4) is 0 Å². The maximum atomic E-state index is 12.8. The molecule has 0 aromatic heterocycles. The van der Waals surface area contributed by atoms with Gasteiger partial charge in [-0.15, -0.1) is 0 Å². The normalized spacial score (nSPS) is 36.5. The largest absolute Gasteiger partial charge is 0.357 e. The molecular formula is C16H16O4. The molecule has 4 nitrogen and oxygen atoms in total. The molecule has 1 aliphatic heterocycles. The van der Waals surface area contributed by atoms with Crippen LogP contribution in [0.25, 0.3) is 0 Å². The molecule has 0 amide bonds. The lowest BCUT2D eigenvalue weighted by atomic mass is 9.69. The summed E-state index contributed by atoms with van der Waals surface area (Å²) in [5.41, 5.74) is -0.632. The number of rotatable bonds is 1. The number of hydrogen-bond acceptors (Lipinski definition) is 4. The number of aliphatic hydroxyl groups is 1. The summed E-state index contributed by atoms with van der Waals surface area (Å²) in [4.78, 5) is 25.2. The molecule has 4 rings (SSSR count). The van der Waals surface area contributed by atoms with E-state index >= 15 is 0 Å². The average Bonchev–Trinajstić information content (AvgIpc) is 3.16. The molecule has 1 saturated carbocycles. The Morgan fingerprint density at radius 2 is 1.60 bits per heavy atom. The molecule has 0 radical (unpaired) electrons. The molecule has 1 heterocycles. The minimum Gasteiger partial charge on any atom is -0.357 e. The zero-order chi connectivity index (χ0) is 14.0. The molecule has 1 aromatic carbocycles. The van der Waals surface area contributed by atoms with E-state index in [1.165, 1.54) is 0 Å². The van der Waals surface area contributed by atoms with Gasteiger partial charge in [-0.2, -0.15) is 0 Å². The number of ketones is 2. The minimum absolute atomic E-state index is 0.0499. The lowest BCUT2D eigenvalue weighted by Crippen LogP contribution is -2.49. The third-order valence-electron chi connectivity index (χ3n) is 5.01. The van der Waals surface area contributed by atoms with Crippen molar-refractivity contribution in [2.75, 3.05) is 0 Å². The van der Waals surface area contributed by atoms with E-state index in [0.717, 1.165) is 32.1 Å². The van der Waals surface area contributed by atoms with Gasteiger partial charge in [0.2, 0.25) is 11.6 Å². The molecule has 104 valence electrons. The van der Waals surface area contributed by atoms with Crippen molar-refractivity contribution in [3.05, 3.63) is 35.4 Å². The van der Waals surface area contributed by atoms with Crippen LogP contribution in [0.2, 0.25) is 0 Å². The number of Topliss-reactive ketones (excluding diaryl/α,β-unsaturated/α-hetero) is 2. The first-order valence-corrected chi connectivity index (χ1v) is 7.22. The Kier molecular flexibility index (Phi) is 2.31. The van der Waals surface area contributed by atoms with Gasteiger partial charge in [0, 0.05) is 17.0 Å². The van der Waals surface area contributed by atoms with Crippen molar-refractivity contribution in [2.24, 2.45) is 5.92 Å². The number of fused-ring (bicyclic) bond motifs is 2. The minimum atomic E-state index is -1.92. The molecule has 2 aliphatic carbocycles. The van der Waals surface area contributed by atoms with Crippen molar-refractivity contribution in [2.45, 2.75) is 43.5 Å². The number of carbonyl (C=O) groups is 2. The first kappa shape index (κ1) is 12.2. The molecule has 2 atom stereocenters. The van der Waals surface area contributed by atoms with E-state index in [9.17, 15) is 14.7 Å². The molecule has 1 aromatic rings. The van der Waals surface area contributed by atoms with E-state index in [2.05, 4.69) is 0 Å². The third kappa shape index (κ3) is 1.24. The van der Waals surface area contributed by atoms with Crippen LogP contribution in [-0.4, -0.2) is 28.1 Å². The fraction of sp³-hybridized carbons (Fsp3) is 0.500. The second-order valence-electron chi connectivity index (χ2n) is 6.02. The van der Waals surface area contributed by atoms with Crippen LogP contribution in [0.5, 0.6) is 0 Å². The van der Waals surface area contributed by atoms with Crippen LogP contribution in [0.1, 0.15) is 52.8 Å². The second-order valence-corrected chi connectivity index (χ2v) is 6.02. The van der Waals surface area contributed by atoms with Crippen LogP contribution in [0.4, 0.5) is 0 Å². The molecule has 2 fully saturated rings. The summed E-state index contributed by atoms with van der Waals surface area (Å²) in [6, 6.07) is 6.68. The molecule has 20 heavy (non-hydrogen) atoms. The number of epoxide rings is 1. The Labute approximate surface area is 116 Å². The van der Waals surface area contributed by atoms with Crippen molar-refractivity contribution in [1.29, 1.82) is 0 Å². The highest BCUT2D eigenvalue weighted by molar-refractivity contribution is 6.24. The summed E-state index contributed by atoms with van der Waals surface area (Å²) in [5.74, 6) is -2.65. The van der Waals surface area contributed by atoms with Crippen LogP contribution >= 0.6 is 0 Å². The van der Waals surface area contributed by atoms with E-state index in [1.54, 1.807) is 24.3 Å². The maximum Gasteiger partial charge on any atom is 0.270 e. The molecule has 0 unspecified atom stereocenters. The lowest BCUT2D eigenvalue weighted by Gasteiger charge is -2.30. The van der Waals surface area contributed by atoms with Gasteiger partial charge < -0.3 is 9.84 Å². The van der Waals surface area contributed by atoms with E-state index in [1.807, 2.05) is 0 Å². The topological polar surface area (TPSA) is 66.9 Å². The van der Waals surface area contributed by atoms with Gasteiger partial charge in [-0.05, 0) is 12.8 Å². The van der Waals surface area contributed by atoms with Gasteiger partial charge in [0.05, 0.1) is 0 Å². The van der Waals surface area contributed by atoms with Gasteiger partial charge in [-0.1, -0.05) is 43.5 Å². The Bertz CT molecular complexity index is 617. The van der Waals surface area contributed by atoms with Crippen LogP contribution in [0.15, 0.2) is 24.3 Å². The molecular weight excluding hydrogens is 256 g/mol.